The first-order valence-corrected chi connectivity index (χ1v) is 5.70. The lowest BCUT2D eigenvalue weighted by atomic mass is 10.0. The van der Waals surface area contributed by atoms with Crippen LogP contribution >= 0.6 is 0 Å². The number of rotatable bonds is 3. The highest BCUT2D eigenvalue weighted by atomic mass is 19.1. The maximum Gasteiger partial charge on any atom is 0.131 e. The first-order chi connectivity index (χ1) is 8.20. The van der Waals surface area contributed by atoms with Crippen molar-refractivity contribution in [2.24, 2.45) is 0 Å². The number of hydrogen-bond acceptors (Lipinski definition) is 1. The fraction of sp³-hybridized carbons (Fsp3) is 0.200. The third-order valence-electron chi connectivity index (χ3n) is 2.58. The predicted molar refractivity (Wildman–Crippen MR) is 67.7 cm³/mol. The lowest BCUT2D eigenvalue weighted by Gasteiger charge is -2.08. The van der Waals surface area contributed by atoms with Gasteiger partial charge in [-0.25, -0.2) is 4.39 Å². The van der Waals surface area contributed by atoms with Crippen molar-refractivity contribution in [2.75, 3.05) is 6.61 Å². The molecule has 2 heteroatoms. The zero-order valence-corrected chi connectivity index (χ0v) is 10.0. The van der Waals surface area contributed by atoms with E-state index in [1.165, 1.54) is 6.07 Å². The van der Waals surface area contributed by atoms with E-state index in [-0.39, 0.29) is 5.82 Å². The molecule has 0 saturated carbocycles. The molecule has 2 aromatic rings. The molecule has 0 aliphatic carbocycles. The zero-order chi connectivity index (χ0) is 12.3. The molecule has 0 aromatic heterocycles. The molecule has 0 N–H and O–H groups in total. The Morgan fingerprint density at radius 3 is 2.71 bits per heavy atom. The van der Waals surface area contributed by atoms with Gasteiger partial charge >= 0.3 is 0 Å². The molecule has 1 nitrogen and oxygen atoms in total. The van der Waals surface area contributed by atoms with Crippen LogP contribution in [0.5, 0.6) is 5.75 Å². The topological polar surface area (TPSA) is 9.23 Å². The van der Waals surface area contributed by atoms with E-state index in [9.17, 15) is 4.39 Å². The summed E-state index contributed by atoms with van der Waals surface area (Å²) in [6.45, 7) is 4.50. The molecular formula is C15H15FO. The molecule has 2 aromatic carbocycles. The van der Waals surface area contributed by atoms with Crippen molar-refractivity contribution in [1.29, 1.82) is 0 Å². The molecule has 88 valence electrons. The molecule has 0 spiro atoms. The summed E-state index contributed by atoms with van der Waals surface area (Å²) < 4.78 is 19.1. The molecule has 0 aliphatic heterocycles. The third-order valence-corrected chi connectivity index (χ3v) is 2.58. The lowest BCUT2D eigenvalue weighted by molar-refractivity contribution is 0.340. The molecule has 0 heterocycles. The summed E-state index contributed by atoms with van der Waals surface area (Å²) in [5, 5.41) is 0. The molecule has 0 unspecified atom stereocenters. The standard InChI is InChI=1S/C15H15FO/c1-3-17-13-6-4-5-12(10-13)14-9-11(2)7-8-15(14)16/h4-10H,3H2,1-2H3. The van der Waals surface area contributed by atoms with Gasteiger partial charge in [0.15, 0.2) is 0 Å². The summed E-state index contributed by atoms with van der Waals surface area (Å²) in [5.74, 6) is 0.565. The summed E-state index contributed by atoms with van der Waals surface area (Å²) in [6, 6.07) is 12.6. The molecule has 0 amide bonds. The second kappa shape index (κ2) is 5.00. The number of benzene rings is 2. The quantitative estimate of drug-likeness (QED) is 0.767. The summed E-state index contributed by atoms with van der Waals surface area (Å²) in [6.07, 6.45) is 0. The summed E-state index contributed by atoms with van der Waals surface area (Å²) in [4.78, 5) is 0. The van der Waals surface area contributed by atoms with Crippen LogP contribution in [0.4, 0.5) is 4.39 Å². The van der Waals surface area contributed by atoms with Gasteiger partial charge in [0.25, 0.3) is 0 Å². The monoisotopic (exact) mass is 230 g/mol. The molecule has 0 atom stereocenters. The Morgan fingerprint density at radius 1 is 1.12 bits per heavy atom. The van der Waals surface area contributed by atoms with Gasteiger partial charge in [0.05, 0.1) is 6.61 Å². The van der Waals surface area contributed by atoms with Gasteiger partial charge in [0.2, 0.25) is 0 Å². The van der Waals surface area contributed by atoms with E-state index in [1.807, 2.05) is 44.2 Å². The highest BCUT2D eigenvalue weighted by molar-refractivity contribution is 5.66. The Hall–Kier alpha value is -1.83. The summed E-state index contributed by atoms with van der Waals surface area (Å²) in [5.41, 5.74) is 2.51. The number of ether oxygens (including phenoxy) is 1. The van der Waals surface area contributed by atoms with E-state index in [1.54, 1.807) is 6.07 Å². The van der Waals surface area contributed by atoms with Crippen molar-refractivity contribution in [2.45, 2.75) is 13.8 Å². The highest BCUT2D eigenvalue weighted by Crippen LogP contribution is 2.27. The van der Waals surface area contributed by atoms with Gasteiger partial charge < -0.3 is 4.74 Å². The second-order valence-corrected chi connectivity index (χ2v) is 3.94. The van der Waals surface area contributed by atoms with Gasteiger partial charge in [0.1, 0.15) is 11.6 Å². The van der Waals surface area contributed by atoms with Crippen LogP contribution in [0.15, 0.2) is 42.5 Å². The van der Waals surface area contributed by atoms with Crippen LogP contribution < -0.4 is 4.74 Å². The van der Waals surface area contributed by atoms with Crippen molar-refractivity contribution < 1.29 is 9.13 Å². The SMILES string of the molecule is CCOc1cccc(-c2cc(C)ccc2F)c1. The maximum absolute atomic E-state index is 13.7. The van der Waals surface area contributed by atoms with Crippen molar-refractivity contribution in [1.82, 2.24) is 0 Å². The van der Waals surface area contributed by atoms with Crippen molar-refractivity contribution >= 4 is 0 Å². The molecule has 0 saturated heterocycles. The largest absolute Gasteiger partial charge is 0.494 e. The van der Waals surface area contributed by atoms with Crippen molar-refractivity contribution in [3.63, 3.8) is 0 Å². The van der Waals surface area contributed by atoms with Gasteiger partial charge in [-0.15, -0.1) is 0 Å². The van der Waals surface area contributed by atoms with Crippen LogP contribution in [0.3, 0.4) is 0 Å². The van der Waals surface area contributed by atoms with Gasteiger partial charge in [-0.2, -0.15) is 0 Å². The maximum atomic E-state index is 13.7. The average molecular weight is 230 g/mol. The average Bonchev–Trinajstić information content (AvgIpc) is 2.33. The summed E-state index contributed by atoms with van der Waals surface area (Å²) >= 11 is 0. The number of aryl methyl sites for hydroxylation is 1. The normalized spacial score (nSPS) is 10.3. The fourth-order valence-electron chi connectivity index (χ4n) is 1.78. The highest BCUT2D eigenvalue weighted by Gasteiger charge is 2.06. The van der Waals surface area contributed by atoms with Crippen LogP contribution in [0, 0.1) is 12.7 Å². The van der Waals surface area contributed by atoms with E-state index < -0.39 is 0 Å². The minimum atomic E-state index is -0.204. The lowest BCUT2D eigenvalue weighted by Crippen LogP contribution is -1.92. The van der Waals surface area contributed by atoms with E-state index in [0.717, 1.165) is 16.9 Å². The van der Waals surface area contributed by atoms with Crippen LogP contribution in [-0.4, -0.2) is 6.61 Å². The van der Waals surface area contributed by atoms with Gasteiger partial charge in [-0.05, 0) is 43.7 Å². The van der Waals surface area contributed by atoms with Crippen molar-refractivity contribution in [3.05, 3.63) is 53.8 Å². The third kappa shape index (κ3) is 2.64. The van der Waals surface area contributed by atoms with Crippen LogP contribution in [-0.2, 0) is 0 Å². The van der Waals surface area contributed by atoms with E-state index in [2.05, 4.69) is 0 Å². The van der Waals surface area contributed by atoms with Crippen molar-refractivity contribution in [3.8, 4) is 16.9 Å². The Morgan fingerprint density at radius 2 is 1.94 bits per heavy atom. The smallest absolute Gasteiger partial charge is 0.131 e. The van der Waals surface area contributed by atoms with E-state index >= 15 is 0 Å². The first-order valence-electron chi connectivity index (χ1n) is 5.70. The number of hydrogen-bond donors (Lipinski definition) is 0. The van der Waals surface area contributed by atoms with E-state index in [4.69, 9.17) is 4.74 Å². The van der Waals surface area contributed by atoms with Crippen LogP contribution in [0.25, 0.3) is 11.1 Å². The fourth-order valence-corrected chi connectivity index (χ4v) is 1.78. The Balaban J connectivity index is 2.45. The van der Waals surface area contributed by atoms with Crippen LogP contribution in [0.2, 0.25) is 0 Å². The molecule has 0 aliphatic rings. The van der Waals surface area contributed by atoms with Gasteiger partial charge in [0, 0.05) is 5.56 Å². The minimum Gasteiger partial charge on any atom is -0.494 e. The molecule has 17 heavy (non-hydrogen) atoms. The van der Waals surface area contributed by atoms with Gasteiger partial charge in [-0.1, -0.05) is 23.8 Å². The number of halogens is 1. The minimum absolute atomic E-state index is 0.204. The zero-order valence-electron chi connectivity index (χ0n) is 10.0. The van der Waals surface area contributed by atoms with E-state index in [0.29, 0.717) is 12.2 Å². The Kier molecular flexibility index (Phi) is 3.43. The Bertz CT molecular complexity index is 520. The first kappa shape index (κ1) is 11.6. The Labute approximate surface area is 101 Å². The summed E-state index contributed by atoms with van der Waals surface area (Å²) in [7, 11) is 0. The van der Waals surface area contributed by atoms with Gasteiger partial charge in [-0.3, -0.25) is 0 Å². The van der Waals surface area contributed by atoms with Crippen LogP contribution in [0.1, 0.15) is 12.5 Å². The molecule has 0 bridgehead atoms. The molecular weight excluding hydrogens is 215 g/mol. The molecule has 0 radical (unpaired) electrons. The second-order valence-electron chi connectivity index (χ2n) is 3.94. The predicted octanol–water partition coefficient (Wildman–Crippen LogP) is 4.20. The molecule has 2 rings (SSSR count). The molecule has 0 fully saturated rings.